The highest BCUT2D eigenvalue weighted by Gasteiger charge is 2.25. The number of benzene rings is 2. The van der Waals surface area contributed by atoms with Gasteiger partial charge >= 0.3 is 0 Å². The Bertz CT molecular complexity index is 672. The molecule has 2 aromatic carbocycles. The van der Waals surface area contributed by atoms with E-state index in [-0.39, 0.29) is 12.3 Å². The molecule has 1 N–H and O–H groups in total. The fourth-order valence-electron chi connectivity index (χ4n) is 1.46. The number of aliphatic hydroxyl groups is 1. The van der Waals surface area contributed by atoms with Crippen molar-refractivity contribution in [2.45, 2.75) is 6.61 Å². The SMILES string of the molecule is OCc1ccc(N=Nc2c(F)c(F)c(F)c(F)c2F)cc1. The van der Waals surface area contributed by atoms with Crippen LogP contribution in [0, 0.1) is 29.1 Å². The molecule has 8 heteroatoms. The van der Waals surface area contributed by atoms with Gasteiger partial charge in [-0.25, -0.2) is 22.0 Å². The first-order chi connectivity index (χ1) is 9.95. The van der Waals surface area contributed by atoms with Crippen LogP contribution >= 0.6 is 0 Å². The van der Waals surface area contributed by atoms with E-state index in [0.29, 0.717) is 5.56 Å². The Balaban J connectivity index is 2.41. The topological polar surface area (TPSA) is 45.0 Å². The van der Waals surface area contributed by atoms with Gasteiger partial charge in [0.15, 0.2) is 29.0 Å². The van der Waals surface area contributed by atoms with Crippen LogP contribution in [0.5, 0.6) is 0 Å². The fraction of sp³-hybridized carbons (Fsp3) is 0.0769. The number of aliphatic hydroxyl groups excluding tert-OH is 1. The summed E-state index contributed by atoms with van der Waals surface area (Å²) in [4.78, 5) is 0. The summed E-state index contributed by atoms with van der Waals surface area (Å²) in [6.45, 7) is -0.213. The van der Waals surface area contributed by atoms with Crippen molar-refractivity contribution in [2.75, 3.05) is 0 Å². The van der Waals surface area contributed by atoms with Gasteiger partial charge in [-0.05, 0) is 17.7 Å². The highest BCUT2D eigenvalue weighted by molar-refractivity contribution is 5.44. The van der Waals surface area contributed by atoms with Crippen molar-refractivity contribution in [1.82, 2.24) is 0 Å². The fourth-order valence-corrected chi connectivity index (χ4v) is 1.46. The first-order valence-corrected chi connectivity index (χ1v) is 5.58. The van der Waals surface area contributed by atoms with Crippen molar-refractivity contribution in [3.63, 3.8) is 0 Å². The molecule has 2 rings (SSSR count). The van der Waals surface area contributed by atoms with Gasteiger partial charge in [0.1, 0.15) is 0 Å². The summed E-state index contributed by atoms with van der Waals surface area (Å²) in [7, 11) is 0. The van der Waals surface area contributed by atoms with Crippen LogP contribution in [0.3, 0.4) is 0 Å². The molecule has 21 heavy (non-hydrogen) atoms. The summed E-state index contributed by atoms with van der Waals surface area (Å²) in [5, 5.41) is 15.3. The quantitative estimate of drug-likeness (QED) is 0.391. The second-order valence-electron chi connectivity index (χ2n) is 3.94. The highest BCUT2D eigenvalue weighted by Crippen LogP contribution is 2.30. The van der Waals surface area contributed by atoms with Crippen molar-refractivity contribution in [1.29, 1.82) is 0 Å². The molecule has 0 radical (unpaired) electrons. The van der Waals surface area contributed by atoms with Gasteiger partial charge < -0.3 is 5.11 Å². The zero-order chi connectivity index (χ0) is 15.6. The smallest absolute Gasteiger partial charge is 0.200 e. The normalized spacial score (nSPS) is 11.3. The van der Waals surface area contributed by atoms with Crippen molar-refractivity contribution < 1.29 is 27.1 Å². The van der Waals surface area contributed by atoms with Gasteiger partial charge in [0.05, 0.1) is 12.3 Å². The van der Waals surface area contributed by atoms with E-state index in [1.54, 1.807) is 0 Å². The molecule has 0 aliphatic carbocycles. The summed E-state index contributed by atoms with van der Waals surface area (Å²) in [5.41, 5.74) is -0.682. The molecule has 0 aromatic heterocycles. The van der Waals surface area contributed by atoms with Crippen LogP contribution in [0.4, 0.5) is 33.3 Å². The zero-order valence-electron chi connectivity index (χ0n) is 10.2. The number of halogens is 5. The lowest BCUT2D eigenvalue weighted by Gasteiger charge is -2.02. The van der Waals surface area contributed by atoms with Crippen LogP contribution in [0.25, 0.3) is 0 Å². The highest BCUT2D eigenvalue weighted by atomic mass is 19.2. The maximum Gasteiger partial charge on any atom is 0.200 e. The van der Waals surface area contributed by atoms with Crippen LogP contribution in [0.2, 0.25) is 0 Å². The lowest BCUT2D eigenvalue weighted by molar-refractivity contribution is 0.282. The molecule has 0 amide bonds. The zero-order valence-corrected chi connectivity index (χ0v) is 10.2. The molecule has 0 spiro atoms. The lowest BCUT2D eigenvalue weighted by atomic mass is 10.2. The van der Waals surface area contributed by atoms with E-state index in [1.807, 2.05) is 0 Å². The third-order valence-corrected chi connectivity index (χ3v) is 2.57. The van der Waals surface area contributed by atoms with Crippen LogP contribution < -0.4 is 0 Å². The molecule has 110 valence electrons. The van der Waals surface area contributed by atoms with Crippen molar-refractivity contribution in [3.8, 4) is 0 Å². The molecular weight excluding hydrogens is 295 g/mol. The number of hydrogen-bond donors (Lipinski definition) is 1. The van der Waals surface area contributed by atoms with E-state index in [1.165, 1.54) is 24.3 Å². The number of nitrogens with zero attached hydrogens (tertiary/aromatic N) is 2. The minimum atomic E-state index is -2.25. The third kappa shape index (κ3) is 2.89. The van der Waals surface area contributed by atoms with Gasteiger partial charge in [-0.2, -0.15) is 5.11 Å². The molecular formula is C13H7F5N2O. The van der Waals surface area contributed by atoms with E-state index in [4.69, 9.17) is 5.11 Å². The van der Waals surface area contributed by atoms with Crippen molar-refractivity contribution in [3.05, 3.63) is 58.9 Å². The summed E-state index contributed by atoms with van der Waals surface area (Å²) in [6, 6.07) is 5.65. The second-order valence-corrected chi connectivity index (χ2v) is 3.94. The first kappa shape index (κ1) is 15.0. The molecule has 0 aliphatic rings. The monoisotopic (exact) mass is 302 g/mol. The molecule has 0 heterocycles. The van der Waals surface area contributed by atoms with Gasteiger partial charge in [0, 0.05) is 0 Å². The molecule has 0 saturated heterocycles. The number of rotatable bonds is 3. The largest absolute Gasteiger partial charge is 0.392 e. The van der Waals surface area contributed by atoms with E-state index < -0.39 is 34.8 Å². The maximum absolute atomic E-state index is 13.3. The Morgan fingerprint density at radius 2 is 1.19 bits per heavy atom. The molecule has 3 nitrogen and oxygen atoms in total. The standard InChI is InChI=1S/C13H7F5N2O/c14-8-9(15)11(17)13(12(18)10(8)16)20-19-7-3-1-6(5-21)2-4-7/h1-4,21H,5H2. The minimum absolute atomic E-state index is 0.121. The molecule has 0 atom stereocenters. The Morgan fingerprint density at radius 3 is 1.67 bits per heavy atom. The molecule has 0 aliphatic heterocycles. The summed E-state index contributed by atoms with van der Waals surface area (Å²) in [5.74, 6) is -10.5. The Hall–Kier alpha value is -2.35. The van der Waals surface area contributed by atoms with E-state index in [9.17, 15) is 22.0 Å². The molecule has 0 saturated carbocycles. The average molecular weight is 302 g/mol. The third-order valence-electron chi connectivity index (χ3n) is 2.57. The minimum Gasteiger partial charge on any atom is -0.392 e. The Morgan fingerprint density at radius 1 is 0.714 bits per heavy atom. The van der Waals surface area contributed by atoms with Gasteiger partial charge in [-0.15, -0.1) is 5.11 Å². The molecule has 2 aromatic rings. The predicted octanol–water partition coefficient (Wildman–Crippen LogP) is 4.29. The average Bonchev–Trinajstić information content (AvgIpc) is 2.51. The van der Waals surface area contributed by atoms with Gasteiger partial charge in [-0.3, -0.25) is 0 Å². The van der Waals surface area contributed by atoms with Crippen LogP contribution in [-0.4, -0.2) is 5.11 Å². The van der Waals surface area contributed by atoms with Crippen molar-refractivity contribution >= 4 is 11.4 Å². The van der Waals surface area contributed by atoms with E-state index in [2.05, 4.69) is 10.2 Å². The molecule has 0 bridgehead atoms. The first-order valence-electron chi connectivity index (χ1n) is 5.58. The van der Waals surface area contributed by atoms with E-state index in [0.717, 1.165) is 0 Å². The molecule has 0 unspecified atom stereocenters. The van der Waals surface area contributed by atoms with Crippen LogP contribution in [0.15, 0.2) is 34.5 Å². The van der Waals surface area contributed by atoms with Crippen molar-refractivity contribution in [2.24, 2.45) is 10.2 Å². The lowest BCUT2D eigenvalue weighted by Crippen LogP contribution is -2.00. The Labute approximate surface area is 115 Å². The van der Waals surface area contributed by atoms with Crippen LogP contribution in [0.1, 0.15) is 5.56 Å². The summed E-state index contributed by atoms with van der Waals surface area (Å²) in [6.07, 6.45) is 0. The van der Waals surface area contributed by atoms with E-state index >= 15 is 0 Å². The second kappa shape index (κ2) is 5.96. The summed E-state index contributed by atoms with van der Waals surface area (Å²) < 4.78 is 65.3. The van der Waals surface area contributed by atoms with Gasteiger partial charge in [0.2, 0.25) is 5.82 Å². The molecule has 0 fully saturated rings. The maximum atomic E-state index is 13.3. The Kier molecular flexibility index (Phi) is 4.27. The predicted molar refractivity (Wildman–Crippen MR) is 62.8 cm³/mol. The number of azo groups is 1. The van der Waals surface area contributed by atoms with Gasteiger partial charge in [0.25, 0.3) is 0 Å². The van der Waals surface area contributed by atoms with Crippen LogP contribution in [-0.2, 0) is 6.61 Å². The number of hydrogen-bond acceptors (Lipinski definition) is 3. The van der Waals surface area contributed by atoms with Gasteiger partial charge in [-0.1, -0.05) is 12.1 Å². The summed E-state index contributed by atoms with van der Waals surface area (Å²) >= 11 is 0.